The van der Waals surface area contributed by atoms with Crippen molar-refractivity contribution < 1.29 is 0 Å². The van der Waals surface area contributed by atoms with E-state index in [1.54, 1.807) is 0 Å². The van der Waals surface area contributed by atoms with E-state index in [0.29, 0.717) is 6.04 Å². The zero-order valence-corrected chi connectivity index (χ0v) is 13.3. The molecule has 0 bridgehead atoms. The van der Waals surface area contributed by atoms with Gasteiger partial charge in [0.15, 0.2) is 0 Å². The van der Waals surface area contributed by atoms with Crippen LogP contribution in [0, 0.1) is 0 Å². The molecule has 0 aliphatic rings. The van der Waals surface area contributed by atoms with Crippen molar-refractivity contribution in [2.24, 2.45) is 0 Å². The maximum atomic E-state index is 4.56. The highest BCUT2D eigenvalue weighted by molar-refractivity contribution is 7.10. The lowest BCUT2D eigenvalue weighted by Crippen LogP contribution is -2.21. The number of hydrogen-bond acceptors (Lipinski definition) is 4. The van der Waals surface area contributed by atoms with E-state index in [0.717, 1.165) is 25.3 Å². The lowest BCUT2D eigenvalue weighted by molar-refractivity contribution is 0.253. The van der Waals surface area contributed by atoms with E-state index in [1.165, 1.54) is 10.4 Å². The fourth-order valence-corrected chi connectivity index (χ4v) is 2.91. The number of rotatable bonds is 7. The smallest absolute Gasteiger partial charge is 0.0544 e. The van der Waals surface area contributed by atoms with Crippen LogP contribution in [-0.2, 0) is 13.1 Å². The van der Waals surface area contributed by atoms with Gasteiger partial charge in [0.2, 0.25) is 0 Å². The van der Waals surface area contributed by atoms with E-state index < -0.39 is 0 Å². The normalized spacial score (nSPS) is 12.8. The van der Waals surface area contributed by atoms with Gasteiger partial charge in [-0.3, -0.25) is 9.88 Å². The molecule has 1 atom stereocenters. The van der Waals surface area contributed by atoms with Crippen molar-refractivity contribution >= 4 is 11.3 Å². The van der Waals surface area contributed by atoms with Gasteiger partial charge in [0, 0.05) is 30.2 Å². The van der Waals surface area contributed by atoms with Gasteiger partial charge in [-0.25, -0.2) is 0 Å². The topological polar surface area (TPSA) is 28.2 Å². The van der Waals surface area contributed by atoms with Crippen molar-refractivity contribution in [2.75, 3.05) is 13.6 Å². The van der Waals surface area contributed by atoms with Crippen molar-refractivity contribution in [3.63, 3.8) is 0 Å². The Labute approximate surface area is 125 Å². The highest BCUT2D eigenvalue weighted by Crippen LogP contribution is 2.24. The van der Waals surface area contributed by atoms with Crippen LogP contribution in [0.4, 0.5) is 0 Å². The van der Waals surface area contributed by atoms with Gasteiger partial charge in [0.1, 0.15) is 0 Å². The third-order valence-corrected chi connectivity index (χ3v) is 4.54. The summed E-state index contributed by atoms with van der Waals surface area (Å²) in [7, 11) is 2.15. The summed E-state index contributed by atoms with van der Waals surface area (Å²) in [5.41, 5.74) is 2.36. The first-order chi connectivity index (χ1) is 9.70. The van der Waals surface area contributed by atoms with Gasteiger partial charge in [-0.2, -0.15) is 0 Å². The first-order valence-corrected chi connectivity index (χ1v) is 7.96. The second-order valence-corrected chi connectivity index (χ2v) is 6.02. The van der Waals surface area contributed by atoms with Gasteiger partial charge in [-0.15, -0.1) is 11.3 Å². The van der Waals surface area contributed by atoms with E-state index in [1.807, 2.05) is 17.5 Å². The second kappa shape index (κ2) is 7.53. The molecule has 0 radical (unpaired) electrons. The highest BCUT2D eigenvalue weighted by atomic mass is 32.1. The Morgan fingerprint density at radius 3 is 2.80 bits per heavy atom. The van der Waals surface area contributed by atoms with Crippen LogP contribution < -0.4 is 5.32 Å². The van der Waals surface area contributed by atoms with Crippen LogP contribution in [0.3, 0.4) is 0 Å². The van der Waals surface area contributed by atoms with E-state index in [2.05, 4.69) is 65.7 Å². The summed E-state index contributed by atoms with van der Waals surface area (Å²) in [6, 6.07) is 9.02. The Hall–Kier alpha value is -1.23. The highest BCUT2D eigenvalue weighted by Gasteiger charge is 2.13. The molecule has 0 saturated carbocycles. The summed E-state index contributed by atoms with van der Waals surface area (Å²) in [4.78, 5) is 8.29. The maximum Gasteiger partial charge on any atom is 0.0544 e. The third kappa shape index (κ3) is 4.13. The molecule has 0 saturated heterocycles. The first kappa shape index (κ1) is 15.2. The van der Waals surface area contributed by atoms with Crippen LogP contribution in [0.25, 0.3) is 0 Å². The van der Waals surface area contributed by atoms with Crippen molar-refractivity contribution in [2.45, 2.75) is 33.0 Å². The lowest BCUT2D eigenvalue weighted by atomic mass is 10.2. The molecule has 1 N–H and O–H groups in total. The molecule has 1 unspecified atom stereocenters. The zero-order chi connectivity index (χ0) is 14.4. The molecule has 3 nitrogen and oxygen atoms in total. The van der Waals surface area contributed by atoms with Gasteiger partial charge in [-0.1, -0.05) is 19.1 Å². The van der Waals surface area contributed by atoms with Crippen LogP contribution in [0.2, 0.25) is 0 Å². The quantitative estimate of drug-likeness (QED) is 0.846. The number of nitrogens with zero attached hydrogens (tertiary/aromatic N) is 2. The third-order valence-electron chi connectivity index (χ3n) is 3.49. The summed E-state index contributed by atoms with van der Waals surface area (Å²) in [6.45, 7) is 7.11. The van der Waals surface area contributed by atoms with Gasteiger partial charge in [-0.05, 0) is 43.6 Å². The summed E-state index contributed by atoms with van der Waals surface area (Å²) < 4.78 is 0. The maximum absolute atomic E-state index is 4.56. The number of pyridine rings is 1. The van der Waals surface area contributed by atoms with Crippen LogP contribution in [0.1, 0.15) is 36.0 Å². The molecular formula is C16H23N3S. The summed E-state index contributed by atoms with van der Waals surface area (Å²) >= 11 is 1.81. The second-order valence-electron chi connectivity index (χ2n) is 5.04. The standard InChI is InChI=1S/C16H23N3S/c1-4-17-10-14-7-8-15(18-11-14)12-19(3)13(2)16-6-5-9-20-16/h5-9,11,13,17H,4,10,12H2,1-3H3. The molecule has 0 aliphatic carbocycles. The molecule has 2 aromatic rings. The predicted molar refractivity (Wildman–Crippen MR) is 85.8 cm³/mol. The van der Waals surface area contributed by atoms with Gasteiger partial charge >= 0.3 is 0 Å². The Kier molecular flexibility index (Phi) is 5.71. The summed E-state index contributed by atoms with van der Waals surface area (Å²) in [5.74, 6) is 0. The Morgan fingerprint density at radius 2 is 2.20 bits per heavy atom. The van der Waals surface area contributed by atoms with Crippen molar-refractivity contribution in [3.8, 4) is 0 Å². The zero-order valence-electron chi connectivity index (χ0n) is 12.5. The van der Waals surface area contributed by atoms with Gasteiger partial charge in [0.25, 0.3) is 0 Å². The molecule has 2 aromatic heterocycles. The van der Waals surface area contributed by atoms with E-state index in [9.17, 15) is 0 Å². The summed E-state index contributed by atoms with van der Waals surface area (Å²) in [6.07, 6.45) is 1.97. The van der Waals surface area contributed by atoms with Gasteiger partial charge in [0.05, 0.1) is 5.69 Å². The number of thiophene rings is 1. The molecule has 0 amide bonds. The molecule has 20 heavy (non-hydrogen) atoms. The van der Waals surface area contributed by atoms with Crippen molar-refractivity contribution in [1.29, 1.82) is 0 Å². The molecular weight excluding hydrogens is 266 g/mol. The number of hydrogen-bond donors (Lipinski definition) is 1. The fraction of sp³-hybridized carbons (Fsp3) is 0.438. The summed E-state index contributed by atoms with van der Waals surface area (Å²) in [5, 5.41) is 5.44. The van der Waals surface area contributed by atoms with E-state index in [-0.39, 0.29) is 0 Å². The molecule has 0 aliphatic heterocycles. The minimum Gasteiger partial charge on any atom is -0.313 e. The number of nitrogens with one attached hydrogen (secondary N) is 1. The van der Waals surface area contributed by atoms with Gasteiger partial charge < -0.3 is 5.32 Å². The van der Waals surface area contributed by atoms with Crippen molar-refractivity contribution in [3.05, 3.63) is 52.0 Å². The molecule has 4 heteroatoms. The molecule has 0 fully saturated rings. The molecule has 0 spiro atoms. The SMILES string of the molecule is CCNCc1ccc(CN(C)C(C)c2cccs2)nc1. The minimum absolute atomic E-state index is 0.429. The lowest BCUT2D eigenvalue weighted by Gasteiger charge is -2.23. The molecule has 2 heterocycles. The molecule has 108 valence electrons. The Morgan fingerprint density at radius 1 is 1.35 bits per heavy atom. The van der Waals surface area contributed by atoms with Crippen molar-refractivity contribution in [1.82, 2.24) is 15.2 Å². The minimum atomic E-state index is 0.429. The Bertz CT molecular complexity index is 493. The van der Waals surface area contributed by atoms with E-state index in [4.69, 9.17) is 0 Å². The number of aromatic nitrogens is 1. The van der Waals surface area contributed by atoms with Crippen LogP contribution in [0.15, 0.2) is 35.8 Å². The predicted octanol–water partition coefficient (Wildman–Crippen LogP) is 3.45. The molecule has 2 rings (SSSR count). The monoisotopic (exact) mass is 289 g/mol. The van der Waals surface area contributed by atoms with E-state index >= 15 is 0 Å². The van der Waals surface area contributed by atoms with Crippen LogP contribution >= 0.6 is 11.3 Å². The Balaban J connectivity index is 1.92. The fourth-order valence-electron chi connectivity index (χ4n) is 2.06. The average Bonchev–Trinajstić information content (AvgIpc) is 3.00. The van der Waals surface area contributed by atoms with Crippen LogP contribution in [-0.4, -0.2) is 23.5 Å². The van der Waals surface area contributed by atoms with Crippen LogP contribution in [0.5, 0.6) is 0 Å². The average molecular weight is 289 g/mol. The molecule has 0 aromatic carbocycles. The first-order valence-electron chi connectivity index (χ1n) is 7.09. The largest absolute Gasteiger partial charge is 0.313 e.